The van der Waals surface area contributed by atoms with Gasteiger partial charge >= 0.3 is 0 Å². The summed E-state index contributed by atoms with van der Waals surface area (Å²) in [6, 6.07) is 13.7. The first-order valence-electron chi connectivity index (χ1n) is 6.38. The average Bonchev–Trinajstić information content (AvgIpc) is 2.84. The fraction of sp³-hybridized carbons (Fsp3) is 0.200. The van der Waals surface area contributed by atoms with Gasteiger partial charge in [-0.2, -0.15) is 0 Å². The summed E-state index contributed by atoms with van der Waals surface area (Å²) < 4.78 is 0. The molecule has 0 aliphatic carbocycles. The number of benzene rings is 2. The van der Waals surface area contributed by atoms with Crippen molar-refractivity contribution in [2.45, 2.75) is 19.6 Å². The molecule has 19 heavy (non-hydrogen) atoms. The summed E-state index contributed by atoms with van der Waals surface area (Å²) in [6.07, 6.45) is -0.454. The van der Waals surface area contributed by atoms with Gasteiger partial charge in [0.15, 0.2) is 6.23 Å². The Labute approximate surface area is 110 Å². The Balaban J connectivity index is 2.26. The molecule has 0 bridgehead atoms. The SMILES string of the molecule is CCC(O)N(O)c1cccc2c1[nH]c1ccccc12. The van der Waals surface area contributed by atoms with Crippen LogP contribution in [0.15, 0.2) is 42.5 Å². The van der Waals surface area contributed by atoms with E-state index < -0.39 is 6.23 Å². The summed E-state index contributed by atoms with van der Waals surface area (Å²) in [7, 11) is 0. The van der Waals surface area contributed by atoms with Crippen LogP contribution in [0.1, 0.15) is 13.3 Å². The number of rotatable bonds is 3. The topological polar surface area (TPSA) is 59.5 Å². The lowest BCUT2D eigenvalue weighted by Gasteiger charge is -2.22. The summed E-state index contributed by atoms with van der Waals surface area (Å²) in [6.45, 7) is 1.82. The van der Waals surface area contributed by atoms with Crippen molar-refractivity contribution in [3.63, 3.8) is 0 Å². The molecule has 1 heterocycles. The lowest BCUT2D eigenvalue weighted by Crippen LogP contribution is -2.31. The van der Waals surface area contributed by atoms with Gasteiger partial charge in [-0.1, -0.05) is 37.3 Å². The third-order valence-corrected chi connectivity index (χ3v) is 3.41. The first-order chi connectivity index (χ1) is 9.22. The largest absolute Gasteiger partial charge is 0.371 e. The number of nitrogens with one attached hydrogen (secondary N) is 1. The van der Waals surface area contributed by atoms with Crippen molar-refractivity contribution in [1.29, 1.82) is 0 Å². The molecule has 4 heteroatoms. The number of hydroxylamine groups is 1. The van der Waals surface area contributed by atoms with Crippen LogP contribution in [0.4, 0.5) is 5.69 Å². The van der Waals surface area contributed by atoms with Gasteiger partial charge in [0.25, 0.3) is 0 Å². The molecule has 3 N–H and O–H groups in total. The number of nitrogens with zero attached hydrogens (tertiary/aromatic N) is 1. The highest BCUT2D eigenvalue weighted by Gasteiger charge is 2.16. The minimum atomic E-state index is -0.906. The number of hydrogen-bond acceptors (Lipinski definition) is 3. The van der Waals surface area contributed by atoms with E-state index >= 15 is 0 Å². The van der Waals surface area contributed by atoms with Crippen LogP contribution in [0.2, 0.25) is 0 Å². The first kappa shape index (κ1) is 12.0. The van der Waals surface area contributed by atoms with Crippen LogP contribution in [0, 0.1) is 0 Å². The molecule has 0 spiro atoms. The number of aromatic nitrogens is 1. The van der Waals surface area contributed by atoms with Crippen LogP contribution >= 0.6 is 0 Å². The summed E-state index contributed by atoms with van der Waals surface area (Å²) in [4.78, 5) is 3.29. The maximum atomic E-state index is 10.1. The number of aromatic amines is 1. The normalized spacial score (nSPS) is 13.0. The van der Waals surface area contributed by atoms with Crippen molar-refractivity contribution in [3.05, 3.63) is 42.5 Å². The Morgan fingerprint density at radius 1 is 1.11 bits per heavy atom. The van der Waals surface area contributed by atoms with Crippen LogP contribution in [0.5, 0.6) is 0 Å². The van der Waals surface area contributed by atoms with Crippen molar-refractivity contribution in [2.75, 3.05) is 5.06 Å². The zero-order valence-electron chi connectivity index (χ0n) is 10.7. The summed E-state index contributed by atoms with van der Waals surface area (Å²) in [5.41, 5.74) is 2.44. The fourth-order valence-electron chi connectivity index (χ4n) is 2.38. The number of hydrogen-bond donors (Lipinski definition) is 3. The highest BCUT2D eigenvalue weighted by Crippen LogP contribution is 2.32. The zero-order chi connectivity index (χ0) is 13.4. The smallest absolute Gasteiger partial charge is 0.150 e. The Bertz CT molecular complexity index is 720. The predicted octanol–water partition coefficient (Wildman–Crippen LogP) is 3.25. The second-order valence-electron chi connectivity index (χ2n) is 4.60. The van der Waals surface area contributed by atoms with Gasteiger partial charge in [0.05, 0.1) is 11.2 Å². The van der Waals surface area contributed by atoms with E-state index in [0.717, 1.165) is 26.9 Å². The molecule has 0 amide bonds. The monoisotopic (exact) mass is 256 g/mol. The Morgan fingerprint density at radius 2 is 1.84 bits per heavy atom. The highest BCUT2D eigenvalue weighted by atomic mass is 16.5. The maximum Gasteiger partial charge on any atom is 0.150 e. The number of aliphatic hydroxyl groups excluding tert-OH is 1. The molecule has 0 radical (unpaired) electrons. The second kappa shape index (κ2) is 4.57. The molecule has 0 aliphatic rings. The fourth-order valence-corrected chi connectivity index (χ4v) is 2.38. The van der Waals surface area contributed by atoms with E-state index in [1.54, 1.807) is 6.07 Å². The van der Waals surface area contributed by atoms with Crippen molar-refractivity contribution in [1.82, 2.24) is 4.98 Å². The zero-order valence-corrected chi connectivity index (χ0v) is 10.7. The van der Waals surface area contributed by atoms with Crippen molar-refractivity contribution in [3.8, 4) is 0 Å². The predicted molar refractivity (Wildman–Crippen MR) is 76.4 cm³/mol. The third kappa shape index (κ3) is 1.85. The van der Waals surface area contributed by atoms with Gasteiger partial charge in [0.1, 0.15) is 0 Å². The Kier molecular flexibility index (Phi) is 2.89. The highest BCUT2D eigenvalue weighted by molar-refractivity contribution is 6.11. The quantitative estimate of drug-likeness (QED) is 0.498. The van der Waals surface area contributed by atoms with Crippen LogP contribution < -0.4 is 5.06 Å². The number of aliphatic hydroxyl groups is 1. The van der Waals surface area contributed by atoms with Crippen molar-refractivity contribution in [2.24, 2.45) is 0 Å². The maximum absolute atomic E-state index is 10.1. The number of H-pyrrole nitrogens is 1. The number of anilines is 1. The molecule has 3 rings (SSSR count). The molecular formula is C15H16N2O2. The molecule has 0 saturated carbocycles. The molecule has 2 aromatic carbocycles. The van der Waals surface area contributed by atoms with Gasteiger partial charge in [-0.25, -0.2) is 5.06 Å². The molecule has 1 atom stereocenters. The summed E-state index contributed by atoms with van der Waals surface area (Å²) >= 11 is 0. The summed E-state index contributed by atoms with van der Waals surface area (Å²) in [5.74, 6) is 0. The van der Waals surface area contributed by atoms with Crippen molar-refractivity contribution < 1.29 is 10.3 Å². The minimum absolute atomic E-state index is 0.452. The molecule has 0 saturated heterocycles. The number of para-hydroxylation sites is 2. The van der Waals surface area contributed by atoms with Crippen LogP contribution in [-0.2, 0) is 0 Å². The Hall–Kier alpha value is -2.04. The van der Waals surface area contributed by atoms with Gasteiger partial charge in [0, 0.05) is 16.3 Å². The average molecular weight is 256 g/mol. The van der Waals surface area contributed by atoms with Gasteiger partial charge in [0.2, 0.25) is 0 Å². The van der Waals surface area contributed by atoms with E-state index in [-0.39, 0.29) is 0 Å². The minimum Gasteiger partial charge on any atom is -0.371 e. The van der Waals surface area contributed by atoms with Gasteiger partial charge < -0.3 is 10.1 Å². The van der Waals surface area contributed by atoms with E-state index in [1.165, 1.54) is 0 Å². The van der Waals surface area contributed by atoms with E-state index in [4.69, 9.17) is 0 Å². The van der Waals surface area contributed by atoms with Crippen molar-refractivity contribution >= 4 is 27.5 Å². The molecule has 3 aromatic rings. The van der Waals surface area contributed by atoms with Crippen LogP contribution in [0.25, 0.3) is 21.8 Å². The molecule has 98 valence electrons. The van der Waals surface area contributed by atoms with Crippen LogP contribution in [-0.4, -0.2) is 21.5 Å². The summed E-state index contributed by atoms with van der Waals surface area (Å²) in [5, 5.41) is 22.9. The second-order valence-corrected chi connectivity index (χ2v) is 4.60. The molecule has 1 aromatic heterocycles. The molecule has 0 fully saturated rings. The van der Waals surface area contributed by atoms with E-state index in [1.807, 2.05) is 43.3 Å². The third-order valence-electron chi connectivity index (χ3n) is 3.41. The molecular weight excluding hydrogens is 240 g/mol. The molecule has 0 aliphatic heterocycles. The van der Waals surface area contributed by atoms with Crippen LogP contribution in [0.3, 0.4) is 0 Å². The Morgan fingerprint density at radius 3 is 2.63 bits per heavy atom. The van der Waals surface area contributed by atoms with E-state index in [2.05, 4.69) is 4.98 Å². The van der Waals surface area contributed by atoms with E-state index in [0.29, 0.717) is 12.1 Å². The standard InChI is InChI=1S/C15H16N2O2/c1-2-14(18)17(19)13-9-5-7-11-10-6-3-4-8-12(10)16-15(11)13/h3-9,14,16,18-19H,2H2,1H3. The number of fused-ring (bicyclic) bond motifs is 3. The first-order valence-corrected chi connectivity index (χ1v) is 6.38. The van der Waals surface area contributed by atoms with Gasteiger partial charge in [-0.05, 0) is 18.6 Å². The molecule has 1 unspecified atom stereocenters. The molecule has 4 nitrogen and oxygen atoms in total. The lowest BCUT2D eigenvalue weighted by atomic mass is 10.1. The van der Waals surface area contributed by atoms with Gasteiger partial charge in [-0.15, -0.1) is 0 Å². The van der Waals surface area contributed by atoms with Gasteiger partial charge in [-0.3, -0.25) is 5.21 Å². The lowest BCUT2D eigenvalue weighted by molar-refractivity contribution is 0.0640. The van der Waals surface area contributed by atoms with E-state index in [9.17, 15) is 10.3 Å².